The van der Waals surface area contributed by atoms with Crippen LogP contribution in [-0.4, -0.2) is 31.7 Å². The molecule has 1 aromatic heterocycles. The van der Waals surface area contributed by atoms with E-state index < -0.39 is 10.8 Å². The molecule has 88 valence electrons. The molecule has 1 saturated heterocycles. The molecule has 0 saturated carbocycles. The molecule has 0 aliphatic carbocycles. The Morgan fingerprint density at radius 2 is 2.38 bits per heavy atom. The van der Waals surface area contributed by atoms with Crippen molar-refractivity contribution < 1.29 is 4.21 Å². The molecule has 0 aromatic carbocycles. The number of aromatic nitrogens is 2. The molecule has 5 heteroatoms. The van der Waals surface area contributed by atoms with Gasteiger partial charge >= 0.3 is 0 Å². The Morgan fingerprint density at radius 1 is 1.56 bits per heavy atom. The van der Waals surface area contributed by atoms with Gasteiger partial charge in [-0.2, -0.15) is 0 Å². The number of nitrogens with one attached hydrogen (secondary N) is 1. The average molecular weight is 239 g/mol. The van der Waals surface area contributed by atoms with Gasteiger partial charge in [-0.15, -0.1) is 0 Å². The SMILES string of the molecule is CCc1nc(C)cc(NC2CCS(=O)C2)n1. The van der Waals surface area contributed by atoms with E-state index in [2.05, 4.69) is 15.3 Å². The van der Waals surface area contributed by atoms with Crippen LogP contribution in [0.5, 0.6) is 0 Å². The van der Waals surface area contributed by atoms with Crippen LogP contribution in [0.4, 0.5) is 5.82 Å². The maximum absolute atomic E-state index is 11.3. The topological polar surface area (TPSA) is 54.9 Å². The summed E-state index contributed by atoms with van der Waals surface area (Å²) in [5.74, 6) is 3.28. The summed E-state index contributed by atoms with van der Waals surface area (Å²) in [6, 6.07) is 2.25. The van der Waals surface area contributed by atoms with Gasteiger partial charge in [-0.25, -0.2) is 9.97 Å². The van der Waals surface area contributed by atoms with E-state index in [4.69, 9.17) is 0 Å². The van der Waals surface area contributed by atoms with Crippen LogP contribution in [-0.2, 0) is 17.2 Å². The summed E-state index contributed by atoms with van der Waals surface area (Å²) >= 11 is 0. The number of anilines is 1. The van der Waals surface area contributed by atoms with E-state index in [0.717, 1.165) is 41.7 Å². The summed E-state index contributed by atoms with van der Waals surface area (Å²) in [5, 5.41) is 3.34. The number of hydrogen-bond acceptors (Lipinski definition) is 4. The van der Waals surface area contributed by atoms with Crippen molar-refractivity contribution in [3.63, 3.8) is 0 Å². The summed E-state index contributed by atoms with van der Waals surface area (Å²) in [5.41, 5.74) is 0.980. The van der Waals surface area contributed by atoms with E-state index in [1.165, 1.54) is 0 Å². The predicted molar refractivity (Wildman–Crippen MR) is 66.1 cm³/mol. The zero-order valence-electron chi connectivity index (χ0n) is 9.69. The van der Waals surface area contributed by atoms with Crippen molar-refractivity contribution in [3.8, 4) is 0 Å². The molecular weight excluding hydrogens is 222 g/mol. The Hall–Kier alpha value is -0.970. The lowest BCUT2D eigenvalue weighted by Crippen LogP contribution is -2.20. The number of rotatable bonds is 3. The second-order valence-electron chi connectivity index (χ2n) is 4.10. The summed E-state index contributed by atoms with van der Waals surface area (Å²) in [4.78, 5) is 8.75. The van der Waals surface area contributed by atoms with Crippen LogP contribution in [0.25, 0.3) is 0 Å². The molecule has 2 rings (SSSR count). The number of hydrogen-bond donors (Lipinski definition) is 1. The summed E-state index contributed by atoms with van der Waals surface area (Å²) in [6.07, 6.45) is 1.81. The maximum Gasteiger partial charge on any atom is 0.130 e. The van der Waals surface area contributed by atoms with Gasteiger partial charge in [0.1, 0.15) is 11.6 Å². The third-order valence-corrected chi connectivity index (χ3v) is 4.12. The normalized spacial score (nSPS) is 24.6. The van der Waals surface area contributed by atoms with Gasteiger partial charge in [0, 0.05) is 46.5 Å². The fraction of sp³-hybridized carbons (Fsp3) is 0.636. The van der Waals surface area contributed by atoms with Crippen molar-refractivity contribution in [1.29, 1.82) is 0 Å². The molecule has 1 aromatic rings. The first kappa shape index (κ1) is 11.5. The van der Waals surface area contributed by atoms with Gasteiger partial charge in [-0.1, -0.05) is 6.92 Å². The molecule has 0 amide bonds. The van der Waals surface area contributed by atoms with E-state index >= 15 is 0 Å². The third-order valence-electron chi connectivity index (χ3n) is 2.65. The first-order chi connectivity index (χ1) is 7.67. The largest absolute Gasteiger partial charge is 0.366 e. The molecule has 0 bridgehead atoms. The lowest BCUT2D eigenvalue weighted by atomic mass is 10.2. The second-order valence-corrected chi connectivity index (χ2v) is 5.73. The highest BCUT2D eigenvalue weighted by Crippen LogP contribution is 2.14. The van der Waals surface area contributed by atoms with Crippen molar-refractivity contribution >= 4 is 16.6 Å². The van der Waals surface area contributed by atoms with E-state index in [1.807, 2.05) is 19.9 Å². The zero-order chi connectivity index (χ0) is 11.5. The van der Waals surface area contributed by atoms with Crippen molar-refractivity contribution in [2.24, 2.45) is 0 Å². The minimum atomic E-state index is -0.645. The van der Waals surface area contributed by atoms with E-state index in [9.17, 15) is 4.21 Å². The summed E-state index contributed by atoms with van der Waals surface area (Å²) in [6.45, 7) is 4.02. The molecule has 4 nitrogen and oxygen atoms in total. The average Bonchev–Trinajstić information content (AvgIpc) is 2.63. The van der Waals surface area contributed by atoms with Crippen molar-refractivity contribution in [3.05, 3.63) is 17.6 Å². The molecule has 1 aliphatic rings. The molecular formula is C11H17N3OS. The van der Waals surface area contributed by atoms with Crippen LogP contribution in [0.2, 0.25) is 0 Å². The van der Waals surface area contributed by atoms with Crippen molar-refractivity contribution in [2.45, 2.75) is 32.7 Å². The van der Waals surface area contributed by atoms with Gasteiger partial charge in [-0.3, -0.25) is 4.21 Å². The van der Waals surface area contributed by atoms with Crippen LogP contribution in [0, 0.1) is 6.92 Å². The Balaban J connectivity index is 2.08. The van der Waals surface area contributed by atoms with Gasteiger partial charge < -0.3 is 5.32 Å². The van der Waals surface area contributed by atoms with Crippen molar-refractivity contribution in [1.82, 2.24) is 9.97 Å². The highest BCUT2D eigenvalue weighted by atomic mass is 32.2. The fourth-order valence-corrected chi connectivity index (χ4v) is 3.26. The monoisotopic (exact) mass is 239 g/mol. The van der Waals surface area contributed by atoms with Gasteiger partial charge in [0.05, 0.1) is 0 Å². The molecule has 2 atom stereocenters. The highest BCUT2D eigenvalue weighted by molar-refractivity contribution is 7.85. The van der Waals surface area contributed by atoms with Gasteiger partial charge in [0.15, 0.2) is 0 Å². The number of nitrogens with zero attached hydrogens (tertiary/aromatic N) is 2. The van der Waals surface area contributed by atoms with E-state index in [1.54, 1.807) is 0 Å². The molecule has 1 fully saturated rings. The minimum absolute atomic E-state index is 0.305. The van der Waals surface area contributed by atoms with Crippen LogP contribution >= 0.6 is 0 Å². The Kier molecular flexibility index (Phi) is 3.53. The smallest absolute Gasteiger partial charge is 0.130 e. The number of aryl methyl sites for hydroxylation is 2. The predicted octanol–water partition coefficient (Wildman–Crippen LogP) is 1.28. The molecule has 2 unspecified atom stereocenters. The molecule has 0 radical (unpaired) electrons. The quantitative estimate of drug-likeness (QED) is 0.863. The van der Waals surface area contributed by atoms with E-state index in [0.29, 0.717) is 6.04 Å². The van der Waals surface area contributed by atoms with Gasteiger partial charge in [0.2, 0.25) is 0 Å². The van der Waals surface area contributed by atoms with Gasteiger partial charge in [0.25, 0.3) is 0 Å². The Bertz CT molecular complexity index is 408. The molecule has 16 heavy (non-hydrogen) atoms. The second kappa shape index (κ2) is 4.91. The summed E-state index contributed by atoms with van der Waals surface area (Å²) < 4.78 is 11.3. The maximum atomic E-state index is 11.3. The van der Waals surface area contributed by atoms with Gasteiger partial charge in [-0.05, 0) is 13.3 Å². The molecule has 0 spiro atoms. The molecule has 1 N–H and O–H groups in total. The molecule has 2 heterocycles. The van der Waals surface area contributed by atoms with E-state index in [-0.39, 0.29) is 0 Å². The van der Waals surface area contributed by atoms with Crippen LogP contribution < -0.4 is 5.32 Å². The third kappa shape index (κ3) is 2.78. The lowest BCUT2D eigenvalue weighted by Gasteiger charge is -2.12. The first-order valence-corrected chi connectivity index (χ1v) is 7.12. The van der Waals surface area contributed by atoms with Crippen LogP contribution in [0.15, 0.2) is 6.07 Å². The lowest BCUT2D eigenvalue weighted by molar-refractivity contribution is 0.686. The zero-order valence-corrected chi connectivity index (χ0v) is 10.5. The summed E-state index contributed by atoms with van der Waals surface area (Å²) in [7, 11) is -0.645. The highest BCUT2D eigenvalue weighted by Gasteiger charge is 2.21. The molecule has 1 aliphatic heterocycles. The van der Waals surface area contributed by atoms with Crippen molar-refractivity contribution in [2.75, 3.05) is 16.8 Å². The fourth-order valence-electron chi connectivity index (χ4n) is 1.85. The van der Waals surface area contributed by atoms with Crippen LogP contribution in [0.3, 0.4) is 0 Å². The first-order valence-electron chi connectivity index (χ1n) is 5.63. The minimum Gasteiger partial charge on any atom is -0.366 e. The van der Waals surface area contributed by atoms with Crippen LogP contribution in [0.1, 0.15) is 24.9 Å². The standard InChI is InChI=1S/C11H17N3OS/c1-3-10-12-8(2)6-11(14-10)13-9-4-5-16(15)7-9/h6,9H,3-5,7H2,1-2H3,(H,12,13,14). The Morgan fingerprint density at radius 3 is 3.00 bits per heavy atom. The Labute approximate surface area is 98.3 Å².